The highest BCUT2D eigenvalue weighted by atomic mass is 17.1. The zero-order chi connectivity index (χ0) is 25.2. The van der Waals surface area contributed by atoms with E-state index in [0.29, 0.717) is 18.4 Å². The van der Waals surface area contributed by atoms with Gasteiger partial charge in [-0.05, 0) is 64.9 Å². The number of hydrogen-bond donors (Lipinski definition) is 1. The van der Waals surface area contributed by atoms with Gasteiger partial charge < -0.3 is 14.3 Å². The SMILES string of the molecule is COCC1=CC[C@](C)(C/C=C/C(C)(C)OO)[C@@H](/C=C\OC(=O)C=C(C)C)[C@H](CC(C)=O)C1=O. The Bertz CT molecular complexity index is 828. The van der Waals surface area contributed by atoms with Gasteiger partial charge in [-0.15, -0.1) is 0 Å². The highest BCUT2D eigenvalue weighted by Gasteiger charge is 2.43. The molecule has 184 valence electrons. The van der Waals surface area contributed by atoms with Crippen molar-refractivity contribution in [3.63, 3.8) is 0 Å². The van der Waals surface area contributed by atoms with Crippen LogP contribution in [-0.4, -0.2) is 42.1 Å². The van der Waals surface area contributed by atoms with Gasteiger partial charge in [-0.25, -0.2) is 9.68 Å². The van der Waals surface area contributed by atoms with Crippen molar-refractivity contribution in [3.8, 4) is 0 Å². The Kier molecular flexibility index (Phi) is 11.1. The fourth-order valence-electron chi connectivity index (χ4n) is 3.98. The third-order valence-corrected chi connectivity index (χ3v) is 5.73. The highest BCUT2D eigenvalue weighted by Crippen LogP contribution is 2.46. The van der Waals surface area contributed by atoms with Crippen molar-refractivity contribution in [2.45, 2.75) is 66.4 Å². The maximum absolute atomic E-state index is 13.4. The molecule has 1 aliphatic carbocycles. The number of methoxy groups -OCH3 is 1. The number of rotatable bonds is 11. The summed E-state index contributed by atoms with van der Waals surface area (Å²) in [6.45, 7) is 10.7. The van der Waals surface area contributed by atoms with E-state index >= 15 is 0 Å². The van der Waals surface area contributed by atoms with E-state index in [4.69, 9.17) is 14.7 Å². The molecular formula is C26H38O7. The van der Waals surface area contributed by atoms with Crippen LogP contribution in [0.3, 0.4) is 0 Å². The first-order valence-corrected chi connectivity index (χ1v) is 11.1. The molecule has 1 aliphatic rings. The molecule has 3 atom stereocenters. The molecule has 0 aromatic heterocycles. The fraction of sp³-hybridized carbons (Fsp3) is 0.577. The van der Waals surface area contributed by atoms with E-state index in [1.54, 1.807) is 39.8 Å². The van der Waals surface area contributed by atoms with E-state index in [-0.39, 0.29) is 30.5 Å². The van der Waals surface area contributed by atoms with Crippen molar-refractivity contribution in [1.29, 1.82) is 0 Å². The van der Waals surface area contributed by atoms with Gasteiger partial charge in [0.1, 0.15) is 11.4 Å². The Balaban J connectivity index is 3.42. The summed E-state index contributed by atoms with van der Waals surface area (Å²) in [4.78, 5) is 41.9. The third-order valence-electron chi connectivity index (χ3n) is 5.73. The fourth-order valence-corrected chi connectivity index (χ4v) is 3.98. The molecule has 0 spiro atoms. The molecule has 0 bridgehead atoms. The van der Waals surface area contributed by atoms with Crippen LogP contribution in [0.2, 0.25) is 0 Å². The molecule has 1 rings (SSSR count). The summed E-state index contributed by atoms with van der Waals surface area (Å²) in [5, 5.41) is 9.07. The molecule has 0 aliphatic heterocycles. The number of carbonyl (C=O) groups is 3. The van der Waals surface area contributed by atoms with Crippen LogP contribution in [-0.2, 0) is 28.7 Å². The predicted octanol–water partition coefficient (Wildman–Crippen LogP) is 4.99. The van der Waals surface area contributed by atoms with Crippen LogP contribution in [0.15, 0.2) is 47.8 Å². The largest absolute Gasteiger partial charge is 0.432 e. The summed E-state index contributed by atoms with van der Waals surface area (Å²) in [6, 6.07) is 0. The quantitative estimate of drug-likeness (QED) is 0.115. The van der Waals surface area contributed by atoms with Crippen molar-refractivity contribution in [3.05, 3.63) is 47.8 Å². The van der Waals surface area contributed by atoms with Crippen LogP contribution in [0, 0.1) is 17.3 Å². The van der Waals surface area contributed by atoms with Gasteiger partial charge in [-0.2, -0.15) is 0 Å². The average Bonchev–Trinajstić information content (AvgIpc) is 2.79. The minimum Gasteiger partial charge on any atom is -0.432 e. The van der Waals surface area contributed by atoms with Crippen LogP contribution >= 0.6 is 0 Å². The molecule has 0 amide bonds. The molecular weight excluding hydrogens is 424 g/mol. The van der Waals surface area contributed by atoms with Gasteiger partial charge in [-0.1, -0.05) is 30.7 Å². The number of Topliss-reactive ketones (excluding diaryl/α,β-unsaturated/α-hetero) is 2. The topological polar surface area (TPSA) is 99.1 Å². The standard InChI is InChI=1S/C26H38O7/c1-18(2)15-23(28)32-14-10-22-21(16-19(3)27)24(29)20(17-31-7)9-13-26(22,6)12-8-11-25(4,5)33-30/h8-11,14-15,21-22,30H,12-13,16-17H2,1-7H3/b11-8+,14-10-/t21-,22-,26-/m0/s1. The number of hydrogen-bond acceptors (Lipinski definition) is 7. The Labute approximate surface area is 197 Å². The van der Waals surface area contributed by atoms with Crippen molar-refractivity contribution < 1.29 is 34.0 Å². The van der Waals surface area contributed by atoms with Crippen LogP contribution in [0.4, 0.5) is 0 Å². The second-order valence-corrected chi connectivity index (χ2v) is 9.71. The smallest absolute Gasteiger partial charge is 0.335 e. The molecule has 0 saturated carbocycles. The molecule has 0 fully saturated rings. The van der Waals surface area contributed by atoms with Crippen molar-refractivity contribution in [2.24, 2.45) is 17.3 Å². The number of allylic oxidation sites excluding steroid dienone is 4. The summed E-state index contributed by atoms with van der Waals surface area (Å²) in [5.74, 6) is -1.74. The number of carbonyl (C=O) groups excluding carboxylic acids is 3. The van der Waals surface area contributed by atoms with E-state index in [2.05, 4.69) is 4.89 Å². The second-order valence-electron chi connectivity index (χ2n) is 9.71. The van der Waals surface area contributed by atoms with Crippen LogP contribution in [0.1, 0.15) is 60.8 Å². The molecule has 0 aromatic rings. The van der Waals surface area contributed by atoms with Gasteiger partial charge in [0.2, 0.25) is 0 Å². The zero-order valence-corrected chi connectivity index (χ0v) is 20.8. The van der Waals surface area contributed by atoms with Gasteiger partial charge in [0.25, 0.3) is 0 Å². The van der Waals surface area contributed by atoms with Crippen LogP contribution < -0.4 is 0 Å². The number of ketones is 2. The third kappa shape index (κ3) is 9.20. The zero-order valence-electron chi connectivity index (χ0n) is 20.8. The maximum Gasteiger partial charge on any atom is 0.335 e. The normalized spacial score (nSPS) is 24.0. The summed E-state index contributed by atoms with van der Waals surface area (Å²) in [6.07, 6.45) is 11.1. The van der Waals surface area contributed by atoms with Gasteiger partial charge in [0, 0.05) is 31.1 Å². The first-order valence-electron chi connectivity index (χ1n) is 11.1. The maximum atomic E-state index is 13.4. The molecule has 0 unspecified atom stereocenters. The van der Waals surface area contributed by atoms with E-state index < -0.39 is 22.9 Å². The Hall–Kier alpha value is -2.35. The lowest BCUT2D eigenvalue weighted by Gasteiger charge is -2.37. The van der Waals surface area contributed by atoms with Gasteiger partial charge in [0.05, 0.1) is 12.9 Å². The molecule has 0 saturated heterocycles. The second kappa shape index (κ2) is 12.8. The lowest BCUT2D eigenvalue weighted by atomic mass is 9.66. The number of esters is 1. The Morgan fingerprint density at radius 2 is 1.94 bits per heavy atom. The van der Waals surface area contributed by atoms with E-state index in [9.17, 15) is 14.4 Å². The first kappa shape index (κ1) is 28.7. The molecule has 7 nitrogen and oxygen atoms in total. The molecule has 0 aromatic carbocycles. The highest BCUT2D eigenvalue weighted by molar-refractivity contribution is 6.00. The lowest BCUT2D eigenvalue weighted by Crippen LogP contribution is -2.35. The minimum atomic E-state index is -0.863. The predicted molar refractivity (Wildman–Crippen MR) is 126 cm³/mol. The summed E-state index contributed by atoms with van der Waals surface area (Å²) in [5.41, 5.74) is 0.00466. The lowest BCUT2D eigenvalue weighted by molar-refractivity contribution is -0.297. The monoisotopic (exact) mass is 462 g/mol. The van der Waals surface area contributed by atoms with Gasteiger partial charge in [-0.3, -0.25) is 10.1 Å². The van der Waals surface area contributed by atoms with Gasteiger partial charge >= 0.3 is 5.97 Å². The van der Waals surface area contributed by atoms with Crippen molar-refractivity contribution >= 4 is 17.5 Å². The Morgan fingerprint density at radius 1 is 1.27 bits per heavy atom. The summed E-state index contributed by atoms with van der Waals surface area (Å²) < 4.78 is 10.5. The van der Waals surface area contributed by atoms with Crippen LogP contribution in [0.25, 0.3) is 0 Å². The molecule has 7 heteroatoms. The van der Waals surface area contributed by atoms with Crippen LogP contribution in [0.5, 0.6) is 0 Å². The molecule has 33 heavy (non-hydrogen) atoms. The first-order chi connectivity index (χ1) is 15.3. The minimum absolute atomic E-state index is 0.0708. The molecule has 0 heterocycles. The molecule has 1 N–H and O–H groups in total. The van der Waals surface area contributed by atoms with E-state index in [0.717, 1.165) is 5.57 Å². The average molecular weight is 463 g/mol. The van der Waals surface area contributed by atoms with E-state index in [1.807, 2.05) is 19.1 Å². The summed E-state index contributed by atoms with van der Waals surface area (Å²) >= 11 is 0. The molecule has 0 radical (unpaired) electrons. The van der Waals surface area contributed by atoms with Crippen molar-refractivity contribution in [2.75, 3.05) is 13.7 Å². The van der Waals surface area contributed by atoms with Crippen molar-refractivity contribution in [1.82, 2.24) is 0 Å². The van der Waals surface area contributed by atoms with Gasteiger partial charge in [0.15, 0.2) is 5.78 Å². The number of ether oxygens (including phenoxy) is 2. The Morgan fingerprint density at radius 3 is 2.48 bits per heavy atom. The summed E-state index contributed by atoms with van der Waals surface area (Å²) in [7, 11) is 1.53. The van der Waals surface area contributed by atoms with E-state index in [1.165, 1.54) is 26.4 Å².